The first-order chi connectivity index (χ1) is 13.3. The first-order valence-corrected chi connectivity index (χ1v) is 9.13. The summed E-state index contributed by atoms with van der Waals surface area (Å²) < 4.78 is 5.37. The highest BCUT2D eigenvalue weighted by Crippen LogP contribution is 2.18. The third-order valence-electron chi connectivity index (χ3n) is 4.49. The van der Waals surface area contributed by atoms with E-state index in [1.165, 1.54) is 0 Å². The number of anilines is 1. The summed E-state index contributed by atoms with van der Waals surface area (Å²) in [7, 11) is 0. The molecule has 0 bridgehead atoms. The minimum atomic E-state index is -0.342. The van der Waals surface area contributed by atoms with Crippen molar-refractivity contribution in [3.63, 3.8) is 0 Å². The maximum Gasteiger partial charge on any atom is 0.261 e. The van der Waals surface area contributed by atoms with Gasteiger partial charge in [0, 0.05) is 25.3 Å². The minimum absolute atomic E-state index is 0.113. The van der Waals surface area contributed by atoms with Gasteiger partial charge in [0.25, 0.3) is 5.91 Å². The lowest BCUT2D eigenvalue weighted by Crippen LogP contribution is -2.36. The van der Waals surface area contributed by atoms with Crippen molar-refractivity contribution < 1.29 is 9.53 Å². The summed E-state index contributed by atoms with van der Waals surface area (Å²) in [6.45, 7) is 3.73. The molecule has 1 heterocycles. The Bertz CT molecular complexity index is 817. The van der Waals surface area contributed by atoms with Gasteiger partial charge >= 0.3 is 0 Å². The van der Waals surface area contributed by atoms with Crippen molar-refractivity contribution in [1.29, 1.82) is 5.26 Å². The lowest BCUT2D eigenvalue weighted by atomic mass is 10.1. The number of amides is 1. The Morgan fingerprint density at radius 1 is 1.11 bits per heavy atom. The second-order valence-electron chi connectivity index (χ2n) is 6.35. The van der Waals surface area contributed by atoms with E-state index in [1.54, 1.807) is 6.08 Å². The van der Waals surface area contributed by atoms with E-state index in [0.717, 1.165) is 49.5 Å². The number of carbonyl (C=O) groups is 1. The van der Waals surface area contributed by atoms with Crippen molar-refractivity contribution in [3.8, 4) is 6.07 Å². The quantitative estimate of drug-likeness (QED) is 0.635. The van der Waals surface area contributed by atoms with Gasteiger partial charge in [0.05, 0.1) is 13.2 Å². The Morgan fingerprint density at radius 2 is 1.81 bits per heavy atom. The van der Waals surface area contributed by atoms with Crippen molar-refractivity contribution in [2.45, 2.75) is 6.42 Å². The molecule has 5 heteroatoms. The SMILES string of the molecule is N#C/C(=C\c1ccc(N2CCOCC2)cc1)C(=O)NCCc1ccccc1. The first kappa shape index (κ1) is 18.7. The number of hydrogen-bond donors (Lipinski definition) is 1. The van der Waals surface area contributed by atoms with Gasteiger partial charge in [-0.05, 0) is 35.8 Å². The fraction of sp³-hybridized carbons (Fsp3) is 0.273. The average molecular weight is 361 g/mol. The summed E-state index contributed by atoms with van der Waals surface area (Å²) in [6.07, 6.45) is 2.36. The second-order valence-corrected chi connectivity index (χ2v) is 6.35. The Morgan fingerprint density at radius 3 is 2.48 bits per heavy atom. The van der Waals surface area contributed by atoms with Crippen molar-refractivity contribution >= 4 is 17.7 Å². The van der Waals surface area contributed by atoms with Crippen molar-refractivity contribution in [1.82, 2.24) is 5.32 Å². The fourth-order valence-electron chi connectivity index (χ4n) is 2.98. The summed E-state index contributed by atoms with van der Waals surface area (Å²) >= 11 is 0. The number of benzene rings is 2. The van der Waals surface area contributed by atoms with Crippen LogP contribution in [0.15, 0.2) is 60.2 Å². The number of nitrogens with one attached hydrogen (secondary N) is 1. The summed E-state index contributed by atoms with van der Waals surface area (Å²) in [5, 5.41) is 12.1. The average Bonchev–Trinajstić information content (AvgIpc) is 2.74. The predicted octanol–water partition coefficient (Wildman–Crippen LogP) is 2.79. The highest BCUT2D eigenvalue weighted by atomic mass is 16.5. The summed E-state index contributed by atoms with van der Waals surface area (Å²) in [6, 6.07) is 19.8. The number of ether oxygens (including phenoxy) is 1. The molecule has 0 saturated carbocycles. The molecule has 1 aliphatic heterocycles. The highest BCUT2D eigenvalue weighted by Gasteiger charge is 2.11. The molecule has 0 aliphatic carbocycles. The molecule has 1 fully saturated rings. The number of nitrogens with zero attached hydrogens (tertiary/aromatic N) is 2. The van der Waals surface area contributed by atoms with E-state index in [2.05, 4.69) is 10.2 Å². The van der Waals surface area contributed by atoms with Crippen LogP contribution in [0.25, 0.3) is 6.08 Å². The third kappa shape index (κ3) is 5.44. The van der Waals surface area contributed by atoms with Gasteiger partial charge in [-0.1, -0.05) is 42.5 Å². The van der Waals surface area contributed by atoms with Crippen molar-refractivity contribution in [2.24, 2.45) is 0 Å². The second kappa shape index (κ2) is 9.56. The predicted molar refractivity (Wildman–Crippen MR) is 106 cm³/mol. The summed E-state index contributed by atoms with van der Waals surface area (Å²) in [5.41, 5.74) is 3.23. The maximum absolute atomic E-state index is 12.3. The third-order valence-corrected chi connectivity index (χ3v) is 4.49. The zero-order chi connectivity index (χ0) is 18.9. The summed E-state index contributed by atoms with van der Waals surface area (Å²) in [4.78, 5) is 14.5. The molecule has 1 aliphatic rings. The lowest BCUT2D eigenvalue weighted by Gasteiger charge is -2.28. The molecule has 0 spiro atoms. The van der Waals surface area contributed by atoms with Crippen LogP contribution in [0.1, 0.15) is 11.1 Å². The molecular formula is C22H23N3O2. The standard InChI is InChI=1S/C22H23N3O2/c23-17-20(22(26)24-11-10-18-4-2-1-3-5-18)16-19-6-8-21(9-7-19)25-12-14-27-15-13-25/h1-9,16H,10-15H2,(H,24,26)/b20-16+. The molecule has 27 heavy (non-hydrogen) atoms. The number of rotatable bonds is 6. The van der Waals surface area contributed by atoms with Crippen molar-refractivity contribution in [3.05, 3.63) is 71.3 Å². The van der Waals surface area contributed by atoms with Crippen LogP contribution in [0, 0.1) is 11.3 Å². The molecule has 0 radical (unpaired) electrons. The van der Waals surface area contributed by atoms with E-state index < -0.39 is 0 Å². The van der Waals surface area contributed by atoms with E-state index in [0.29, 0.717) is 6.54 Å². The van der Waals surface area contributed by atoms with Gasteiger partial charge in [0.15, 0.2) is 0 Å². The van der Waals surface area contributed by atoms with Crippen LogP contribution in [0.2, 0.25) is 0 Å². The highest BCUT2D eigenvalue weighted by molar-refractivity contribution is 6.01. The van der Waals surface area contributed by atoms with Crippen LogP contribution in [0.5, 0.6) is 0 Å². The Hall–Kier alpha value is -3.10. The number of nitriles is 1. The molecule has 3 rings (SSSR count). The molecule has 1 N–H and O–H groups in total. The molecule has 0 unspecified atom stereocenters. The van der Waals surface area contributed by atoms with Gasteiger partial charge in [-0.3, -0.25) is 4.79 Å². The fourth-order valence-corrected chi connectivity index (χ4v) is 2.98. The van der Waals surface area contributed by atoms with E-state index in [4.69, 9.17) is 4.74 Å². The van der Waals surface area contributed by atoms with Gasteiger partial charge in [-0.2, -0.15) is 5.26 Å². The molecule has 1 saturated heterocycles. The van der Waals surface area contributed by atoms with Crippen LogP contribution in [-0.4, -0.2) is 38.8 Å². The molecule has 138 valence electrons. The molecule has 1 amide bonds. The number of hydrogen-bond acceptors (Lipinski definition) is 4. The zero-order valence-corrected chi connectivity index (χ0v) is 15.2. The van der Waals surface area contributed by atoms with Crippen LogP contribution in [-0.2, 0) is 16.0 Å². The summed E-state index contributed by atoms with van der Waals surface area (Å²) in [5.74, 6) is -0.342. The van der Waals surface area contributed by atoms with Gasteiger partial charge < -0.3 is 15.0 Å². The molecular weight excluding hydrogens is 338 g/mol. The van der Waals surface area contributed by atoms with Crippen molar-refractivity contribution in [2.75, 3.05) is 37.7 Å². The van der Waals surface area contributed by atoms with E-state index >= 15 is 0 Å². The smallest absolute Gasteiger partial charge is 0.261 e. The van der Waals surface area contributed by atoms with Gasteiger partial charge in [0.2, 0.25) is 0 Å². The minimum Gasteiger partial charge on any atom is -0.378 e. The molecule has 2 aromatic carbocycles. The van der Waals surface area contributed by atoms with E-state index in [1.807, 2.05) is 60.7 Å². The van der Waals surface area contributed by atoms with Crippen LogP contribution < -0.4 is 10.2 Å². The largest absolute Gasteiger partial charge is 0.378 e. The molecule has 5 nitrogen and oxygen atoms in total. The molecule has 2 aromatic rings. The molecule has 0 atom stereocenters. The normalized spacial score (nSPS) is 14.5. The Kier molecular flexibility index (Phi) is 6.61. The maximum atomic E-state index is 12.3. The van der Waals surface area contributed by atoms with Crippen LogP contribution in [0.4, 0.5) is 5.69 Å². The van der Waals surface area contributed by atoms with Gasteiger partial charge in [-0.25, -0.2) is 0 Å². The van der Waals surface area contributed by atoms with Crippen LogP contribution >= 0.6 is 0 Å². The van der Waals surface area contributed by atoms with Gasteiger partial charge in [0.1, 0.15) is 11.6 Å². The van der Waals surface area contributed by atoms with E-state index in [9.17, 15) is 10.1 Å². The number of morpholine rings is 1. The van der Waals surface area contributed by atoms with Crippen LogP contribution in [0.3, 0.4) is 0 Å². The lowest BCUT2D eigenvalue weighted by molar-refractivity contribution is -0.117. The number of carbonyl (C=O) groups excluding carboxylic acids is 1. The van der Waals surface area contributed by atoms with E-state index in [-0.39, 0.29) is 11.5 Å². The molecule has 0 aromatic heterocycles. The Labute approximate surface area is 159 Å². The first-order valence-electron chi connectivity index (χ1n) is 9.13. The Balaban J connectivity index is 1.57. The topological polar surface area (TPSA) is 65.4 Å². The van der Waals surface area contributed by atoms with Gasteiger partial charge in [-0.15, -0.1) is 0 Å². The monoisotopic (exact) mass is 361 g/mol. The zero-order valence-electron chi connectivity index (χ0n) is 15.2.